The lowest BCUT2D eigenvalue weighted by Crippen LogP contribution is -2.60. The van der Waals surface area contributed by atoms with Crippen molar-refractivity contribution < 1.29 is 14.6 Å². The smallest absolute Gasteiger partial charge is 0.227 e. The van der Waals surface area contributed by atoms with Gasteiger partial charge in [-0.2, -0.15) is 0 Å². The third-order valence-electron chi connectivity index (χ3n) is 7.56. The number of piperazine rings is 1. The topological polar surface area (TPSA) is 87.0 Å². The van der Waals surface area contributed by atoms with Crippen LogP contribution in [0.5, 0.6) is 5.75 Å². The number of aliphatic hydroxyl groups is 1. The molecule has 1 aromatic carbocycles. The highest BCUT2D eigenvalue weighted by Crippen LogP contribution is 2.38. The Morgan fingerprint density at radius 2 is 2.00 bits per heavy atom. The van der Waals surface area contributed by atoms with E-state index in [1.165, 1.54) is 0 Å². The molecule has 4 saturated heterocycles. The Labute approximate surface area is 194 Å². The number of carbonyl (C=O) groups is 1. The molecule has 178 valence electrons. The first-order valence-corrected chi connectivity index (χ1v) is 12.1. The summed E-state index contributed by atoms with van der Waals surface area (Å²) < 4.78 is 7.41. The number of carbonyl (C=O) groups excluding carboxylic acids is 1. The molecule has 1 amide bonds. The fourth-order valence-electron chi connectivity index (χ4n) is 5.77. The van der Waals surface area contributed by atoms with Crippen molar-refractivity contribution in [3.05, 3.63) is 36.2 Å². The Morgan fingerprint density at radius 3 is 2.73 bits per heavy atom. The van der Waals surface area contributed by atoms with E-state index in [9.17, 15) is 4.79 Å². The molecular weight excluding hydrogens is 420 g/mol. The van der Waals surface area contributed by atoms with Crippen molar-refractivity contribution in [2.45, 2.75) is 31.8 Å². The molecule has 2 bridgehead atoms. The lowest BCUT2D eigenvalue weighted by molar-refractivity contribution is -0.144. The van der Waals surface area contributed by atoms with Crippen molar-refractivity contribution in [3.8, 4) is 5.75 Å². The minimum atomic E-state index is 0.0905. The van der Waals surface area contributed by atoms with Crippen molar-refractivity contribution >= 4 is 11.6 Å². The normalized spacial score (nSPS) is 27.1. The van der Waals surface area contributed by atoms with Crippen LogP contribution in [0.1, 0.15) is 18.5 Å². The van der Waals surface area contributed by atoms with E-state index in [1.807, 2.05) is 29.1 Å². The first kappa shape index (κ1) is 22.2. The monoisotopic (exact) mass is 454 g/mol. The minimum Gasteiger partial charge on any atom is -0.495 e. The zero-order valence-corrected chi connectivity index (χ0v) is 19.3. The molecule has 4 aliphatic heterocycles. The van der Waals surface area contributed by atoms with Gasteiger partial charge in [0.15, 0.2) is 0 Å². The van der Waals surface area contributed by atoms with Crippen LogP contribution in [-0.4, -0.2) is 94.8 Å². The summed E-state index contributed by atoms with van der Waals surface area (Å²) in [6.07, 6.45) is 4.61. The molecule has 0 aliphatic carbocycles. The number of fused-ring (bicyclic) bond motifs is 3. The minimum absolute atomic E-state index is 0.0905. The van der Waals surface area contributed by atoms with E-state index in [2.05, 4.69) is 31.1 Å². The van der Waals surface area contributed by atoms with E-state index in [4.69, 9.17) is 9.84 Å². The van der Waals surface area contributed by atoms with Gasteiger partial charge in [-0.05, 0) is 37.4 Å². The highest BCUT2D eigenvalue weighted by Gasteiger charge is 2.44. The predicted molar refractivity (Wildman–Crippen MR) is 124 cm³/mol. The van der Waals surface area contributed by atoms with Crippen LogP contribution < -0.4 is 9.64 Å². The van der Waals surface area contributed by atoms with Gasteiger partial charge in [0, 0.05) is 58.0 Å². The summed E-state index contributed by atoms with van der Waals surface area (Å²) in [7, 11) is 1.70. The van der Waals surface area contributed by atoms with Gasteiger partial charge in [0.05, 0.1) is 31.0 Å². The molecule has 4 unspecified atom stereocenters. The van der Waals surface area contributed by atoms with E-state index < -0.39 is 0 Å². The van der Waals surface area contributed by atoms with Crippen LogP contribution in [-0.2, 0) is 17.8 Å². The average molecular weight is 455 g/mol. The van der Waals surface area contributed by atoms with Crippen LogP contribution in [0.15, 0.2) is 30.5 Å². The number of rotatable bonds is 7. The zero-order valence-electron chi connectivity index (χ0n) is 19.3. The SMILES string of the molecule is COc1ccccc1N1CCN(C(=O)C2CN3CCC2CC3Cn2cc(CCO)nn2)CC1. The molecule has 5 heterocycles. The van der Waals surface area contributed by atoms with Gasteiger partial charge < -0.3 is 19.6 Å². The van der Waals surface area contributed by atoms with Gasteiger partial charge in [0.2, 0.25) is 5.91 Å². The molecule has 6 rings (SSSR count). The summed E-state index contributed by atoms with van der Waals surface area (Å²) in [6.45, 7) is 5.97. The fraction of sp³-hybridized carbons (Fsp3) is 0.625. The number of hydrogen-bond acceptors (Lipinski definition) is 7. The summed E-state index contributed by atoms with van der Waals surface area (Å²) >= 11 is 0. The molecule has 9 heteroatoms. The number of benzene rings is 1. The number of amides is 1. The van der Waals surface area contributed by atoms with E-state index in [0.29, 0.717) is 24.3 Å². The van der Waals surface area contributed by atoms with E-state index in [1.54, 1.807) is 7.11 Å². The van der Waals surface area contributed by atoms with E-state index in [0.717, 1.165) is 75.8 Å². The second kappa shape index (κ2) is 9.69. The van der Waals surface area contributed by atoms with E-state index >= 15 is 0 Å². The quantitative estimate of drug-likeness (QED) is 0.665. The molecule has 1 aromatic heterocycles. The number of aromatic nitrogens is 3. The van der Waals surface area contributed by atoms with Gasteiger partial charge in [-0.15, -0.1) is 5.10 Å². The molecular formula is C24H34N6O3. The second-order valence-corrected chi connectivity index (χ2v) is 9.43. The van der Waals surface area contributed by atoms with Crippen LogP contribution in [0.4, 0.5) is 5.69 Å². The Bertz CT molecular complexity index is 957. The maximum atomic E-state index is 13.5. The largest absolute Gasteiger partial charge is 0.495 e. The number of ether oxygens (including phenoxy) is 1. The van der Waals surface area contributed by atoms with Crippen LogP contribution in [0.2, 0.25) is 0 Å². The zero-order chi connectivity index (χ0) is 22.8. The number of methoxy groups -OCH3 is 1. The van der Waals surface area contributed by atoms with Crippen LogP contribution >= 0.6 is 0 Å². The number of piperidine rings is 3. The maximum absolute atomic E-state index is 13.5. The van der Waals surface area contributed by atoms with Crippen molar-refractivity contribution in [1.82, 2.24) is 24.8 Å². The highest BCUT2D eigenvalue weighted by molar-refractivity contribution is 5.80. The van der Waals surface area contributed by atoms with Crippen molar-refractivity contribution in [1.29, 1.82) is 0 Å². The standard InChI is InChI=1S/C24H34N6O3/c1-33-23-5-3-2-4-22(23)27-9-11-28(12-10-27)24(32)21-17-29-8-6-18(21)14-20(29)16-30-15-19(7-13-31)25-26-30/h2-5,15,18,20-21,31H,6-14,16-17H2,1H3. The first-order chi connectivity index (χ1) is 16.2. The van der Waals surface area contributed by atoms with Crippen molar-refractivity contribution in [2.75, 3.05) is 57.9 Å². The van der Waals surface area contributed by atoms with Crippen LogP contribution in [0.3, 0.4) is 0 Å². The Kier molecular flexibility index (Phi) is 6.50. The third kappa shape index (κ3) is 4.56. The molecule has 1 N–H and O–H groups in total. The number of nitrogens with zero attached hydrogens (tertiary/aromatic N) is 6. The predicted octanol–water partition coefficient (Wildman–Crippen LogP) is 0.881. The molecule has 9 nitrogen and oxygen atoms in total. The van der Waals surface area contributed by atoms with Crippen molar-refractivity contribution in [2.24, 2.45) is 11.8 Å². The highest BCUT2D eigenvalue weighted by atomic mass is 16.5. The molecule has 4 fully saturated rings. The molecule has 0 spiro atoms. The second-order valence-electron chi connectivity index (χ2n) is 9.43. The van der Waals surface area contributed by atoms with Crippen LogP contribution in [0.25, 0.3) is 0 Å². The average Bonchev–Trinajstić information content (AvgIpc) is 3.31. The summed E-state index contributed by atoms with van der Waals surface area (Å²) in [5, 5.41) is 17.5. The maximum Gasteiger partial charge on any atom is 0.227 e. The lowest BCUT2D eigenvalue weighted by atomic mass is 9.75. The lowest BCUT2D eigenvalue weighted by Gasteiger charge is -2.50. The van der Waals surface area contributed by atoms with Crippen LogP contribution in [0, 0.1) is 11.8 Å². The van der Waals surface area contributed by atoms with E-state index in [-0.39, 0.29) is 12.5 Å². The van der Waals surface area contributed by atoms with Gasteiger partial charge in [0.25, 0.3) is 0 Å². The number of para-hydroxylation sites is 2. The van der Waals surface area contributed by atoms with Gasteiger partial charge >= 0.3 is 0 Å². The van der Waals surface area contributed by atoms with Crippen molar-refractivity contribution in [3.63, 3.8) is 0 Å². The number of hydrogen-bond donors (Lipinski definition) is 1. The summed E-state index contributed by atoms with van der Waals surface area (Å²) in [5.74, 6) is 1.76. The van der Waals surface area contributed by atoms with Gasteiger partial charge in [-0.1, -0.05) is 17.3 Å². The molecule has 0 saturated carbocycles. The summed E-state index contributed by atoms with van der Waals surface area (Å²) in [6, 6.07) is 8.50. The Morgan fingerprint density at radius 1 is 1.18 bits per heavy atom. The van der Waals surface area contributed by atoms with Gasteiger partial charge in [-0.3, -0.25) is 14.4 Å². The number of anilines is 1. The Hall–Kier alpha value is -2.65. The molecule has 0 radical (unpaired) electrons. The molecule has 4 aliphatic rings. The summed E-state index contributed by atoms with van der Waals surface area (Å²) in [4.78, 5) is 20.3. The number of aliphatic hydroxyl groups excluding tert-OH is 1. The van der Waals surface area contributed by atoms with Gasteiger partial charge in [0.1, 0.15) is 5.75 Å². The fourth-order valence-corrected chi connectivity index (χ4v) is 5.77. The molecule has 2 aromatic rings. The molecule has 4 atom stereocenters. The first-order valence-electron chi connectivity index (χ1n) is 12.1. The molecule has 33 heavy (non-hydrogen) atoms. The summed E-state index contributed by atoms with van der Waals surface area (Å²) in [5.41, 5.74) is 1.93. The third-order valence-corrected chi connectivity index (χ3v) is 7.56. The Balaban J connectivity index is 1.16. The van der Waals surface area contributed by atoms with Gasteiger partial charge in [-0.25, -0.2) is 0 Å².